The van der Waals surface area contributed by atoms with Crippen LogP contribution in [0.5, 0.6) is 0 Å². The molecule has 2 unspecified atom stereocenters. The van der Waals surface area contributed by atoms with Crippen LogP contribution in [0.1, 0.15) is 65.7 Å². The van der Waals surface area contributed by atoms with Crippen molar-refractivity contribution in [3.63, 3.8) is 0 Å². The second kappa shape index (κ2) is 3.88. The van der Waals surface area contributed by atoms with Gasteiger partial charge < -0.3 is 9.64 Å². The van der Waals surface area contributed by atoms with Gasteiger partial charge in [-0.1, -0.05) is 6.42 Å². The SMILES string of the molecule is CC(C)(C)OC(=O)N1C2CCC1CC1(CCC1)C2. The Morgan fingerprint density at radius 1 is 1.17 bits per heavy atom. The van der Waals surface area contributed by atoms with Gasteiger partial charge >= 0.3 is 6.09 Å². The minimum absolute atomic E-state index is 0.0795. The predicted molar refractivity (Wildman–Crippen MR) is 70.4 cm³/mol. The molecule has 0 aromatic carbocycles. The molecule has 2 bridgehead atoms. The van der Waals surface area contributed by atoms with Crippen molar-refractivity contribution in [1.82, 2.24) is 4.90 Å². The summed E-state index contributed by atoms with van der Waals surface area (Å²) in [4.78, 5) is 14.4. The highest BCUT2D eigenvalue weighted by Crippen LogP contribution is 2.56. The second-order valence-electron chi connectivity index (χ2n) is 7.53. The van der Waals surface area contributed by atoms with Gasteiger partial charge in [0.25, 0.3) is 0 Å². The number of ether oxygens (including phenoxy) is 1. The molecule has 3 rings (SSSR count). The zero-order valence-electron chi connectivity index (χ0n) is 11.9. The maximum Gasteiger partial charge on any atom is 0.410 e. The molecule has 1 aliphatic carbocycles. The fourth-order valence-electron chi connectivity index (χ4n) is 4.14. The number of carbonyl (C=O) groups excluding carboxylic acids is 1. The van der Waals surface area contributed by atoms with Gasteiger partial charge in [0, 0.05) is 12.1 Å². The molecule has 18 heavy (non-hydrogen) atoms. The molecule has 3 fully saturated rings. The summed E-state index contributed by atoms with van der Waals surface area (Å²) in [6.45, 7) is 5.85. The van der Waals surface area contributed by atoms with Crippen LogP contribution in [0.4, 0.5) is 4.79 Å². The van der Waals surface area contributed by atoms with Crippen molar-refractivity contribution in [2.45, 2.75) is 83.4 Å². The standard InChI is InChI=1S/C15H25NO2/c1-14(2,3)18-13(17)16-11-5-6-12(16)10-15(9-11)7-4-8-15/h11-12H,4-10H2,1-3H3. The predicted octanol–water partition coefficient (Wildman–Crippen LogP) is 3.72. The topological polar surface area (TPSA) is 29.5 Å². The Balaban J connectivity index is 1.70. The maximum absolute atomic E-state index is 12.3. The molecular weight excluding hydrogens is 226 g/mol. The number of hydrogen-bond acceptors (Lipinski definition) is 2. The van der Waals surface area contributed by atoms with Crippen LogP contribution in [0.15, 0.2) is 0 Å². The van der Waals surface area contributed by atoms with E-state index in [1.165, 1.54) is 44.9 Å². The van der Waals surface area contributed by atoms with Gasteiger partial charge in [0.2, 0.25) is 0 Å². The molecule has 2 saturated heterocycles. The number of fused-ring (bicyclic) bond motifs is 2. The highest BCUT2D eigenvalue weighted by atomic mass is 16.6. The maximum atomic E-state index is 12.3. The van der Waals surface area contributed by atoms with E-state index in [0.717, 1.165) is 0 Å². The molecule has 1 saturated carbocycles. The number of amides is 1. The van der Waals surface area contributed by atoms with Gasteiger partial charge in [0.05, 0.1) is 0 Å². The van der Waals surface area contributed by atoms with Crippen LogP contribution < -0.4 is 0 Å². The Hall–Kier alpha value is -0.730. The molecule has 102 valence electrons. The summed E-state index contributed by atoms with van der Waals surface area (Å²) in [5.74, 6) is 0. The Kier molecular flexibility index (Phi) is 2.65. The molecule has 0 aromatic heterocycles. The van der Waals surface area contributed by atoms with E-state index >= 15 is 0 Å². The lowest BCUT2D eigenvalue weighted by Crippen LogP contribution is -2.53. The van der Waals surface area contributed by atoms with Gasteiger partial charge in [-0.15, -0.1) is 0 Å². The van der Waals surface area contributed by atoms with Gasteiger partial charge in [0.15, 0.2) is 0 Å². The first-order chi connectivity index (χ1) is 8.39. The Morgan fingerprint density at radius 3 is 2.11 bits per heavy atom. The van der Waals surface area contributed by atoms with Crippen molar-refractivity contribution >= 4 is 6.09 Å². The molecule has 1 amide bonds. The summed E-state index contributed by atoms with van der Waals surface area (Å²) in [5, 5.41) is 0. The number of carbonyl (C=O) groups is 1. The van der Waals surface area contributed by atoms with Crippen LogP contribution in [0.25, 0.3) is 0 Å². The van der Waals surface area contributed by atoms with Gasteiger partial charge in [-0.25, -0.2) is 4.79 Å². The highest BCUT2D eigenvalue weighted by Gasteiger charge is 2.52. The molecule has 3 heteroatoms. The average molecular weight is 251 g/mol. The minimum Gasteiger partial charge on any atom is -0.444 e. The largest absolute Gasteiger partial charge is 0.444 e. The fraction of sp³-hybridized carbons (Fsp3) is 0.933. The molecular formula is C15H25NO2. The molecule has 2 atom stereocenters. The number of hydrogen-bond donors (Lipinski definition) is 0. The van der Waals surface area contributed by atoms with Crippen LogP contribution in [-0.2, 0) is 4.74 Å². The second-order valence-corrected chi connectivity index (χ2v) is 7.53. The normalized spacial score (nSPS) is 33.4. The lowest BCUT2D eigenvalue weighted by atomic mass is 9.61. The monoisotopic (exact) mass is 251 g/mol. The van der Waals surface area contributed by atoms with Gasteiger partial charge in [-0.3, -0.25) is 0 Å². The van der Waals surface area contributed by atoms with E-state index in [9.17, 15) is 4.79 Å². The summed E-state index contributed by atoms with van der Waals surface area (Å²) in [5.41, 5.74) is 0.229. The highest BCUT2D eigenvalue weighted by molar-refractivity contribution is 5.69. The third-order valence-electron chi connectivity index (χ3n) is 4.98. The van der Waals surface area contributed by atoms with E-state index in [2.05, 4.69) is 4.90 Å². The van der Waals surface area contributed by atoms with Crippen LogP contribution in [0.3, 0.4) is 0 Å². The van der Waals surface area contributed by atoms with Gasteiger partial charge in [-0.05, 0) is 64.7 Å². The summed E-state index contributed by atoms with van der Waals surface area (Å²) in [6, 6.07) is 0.915. The van der Waals surface area contributed by atoms with Gasteiger partial charge in [0.1, 0.15) is 5.60 Å². The third-order valence-corrected chi connectivity index (χ3v) is 4.98. The number of rotatable bonds is 0. The van der Waals surface area contributed by atoms with E-state index in [0.29, 0.717) is 17.5 Å². The first-order valence-electron chi connectivity index (χ1n) is 7.40. The number of piperidine rings is 1. The zero-order chi connectivity index (χ0) is 13.0. The summed E-state index contributed by atoms with van der Waals surface area (Å²) in [7, 11) is 0. The minimum atomic E-state index is -0.373. The smallest absolute Gasteiger partial charge is 0.410 e. The summed E-state index contributed by atoms with van der Waals surface area (Å²) in [6.07, 6.45) is 8.92. The zero-order valence-corrected chi connectivity index (χ0v) is 11.9. The molecule has 3 nitrogen and oxygen atoms in total. The first kappa shape index (κ1) is 12.3. The average Bonchev–Trinajstić information content (AvgIpc) is 2.45. The van der Waals surface area contributed by atoms with E-state index in [1.54, 1.807) is 0 Å². The quantitative estimate of drug-likeness (QED) is 0.656. The molecule has 0 N–H and O–H groups in total. The Bertz CT molecular complexity index is 338. The molecule has 2 heterocycles. The van der Waals surface area contributed by atoms with Crippen LogP contribution in [-0.4, -0.2) is 28.7 Å². The Morgan fingerprint density at radius 2 is 1.72 bits per heavy atom. The molecule has 2 aliphatic heterocycles. The van der Waals surface area contributed by atoms with Crippen molar-refractivity contribution < 1.29 is 9.53 Å². The van der Waals surface area contributed by atoms with Crippen molar-refractivity contribution in [2.75, 3.05) is 0 Å². The summed E-state index contributed by atoms with van der Waals surface area (Å²) >= 11 is 0. The molecule has 1 spiro atoms. The van der Waals surface area contributed by atoms with Gasteiger partial charge in [-0.2, -0.15) is 0 Å². The van der Waals surface area contributed by atoms with Crippen molar-refractivity contribution in [1.29, 1.82) is 0 Å². The van der Waals surface area contributed by atoms with Crippen molar-refractivity contribution in [3.8, 4) is 0 Å². The Labute approximate surface area is 110 Å². The first-order valence-corrected chi connectivity index (χ1v) is 7.40. The number of nitrogens with zero attached hydrogens (tertiary/aromatic N) is 1. The summed E-state index contributed by atoms with van der Waals surface area (Å²) < 4.78 is 5.56. The third kappa shape index (κ3) is 2.02. The van der Waals surface area contributed by atoms with E-state index in [-0.39, 0.29) is 11.7 Å². The molecule has 0 radical (unpaired) electrons. The van der Waals surface area contributed by atoms with E-state index in [4.69, 9.17) is 4.74 Å². The lowest BCUT2D eigenvalue weighted by molar-refractivity contribution is -0.0329. The van der Waals surface area contributed by atoms with E-state index < -0.39 is 0 Å². The van der Waals surface area contributed by atoms with Crippen LogP contribution in [0.2, 0.25) is 0 Å². The van der Waals surface area contributed by atoms with Crippen LogP contribution >= 0.6 is 0 Å². The molecule has 3 aliphatic rings. The molecule has 0 aromatic rings. The van der Waals surface area contributed by atoms with Crippen LogP contribution in [0, 0.1) is 5.41 Å². The lowest BCUT2D eigenvalue weighted by Gasteiger charge is -2.51. The fourth-order valence-corrected chi connectivity index (χ4v) is 4.14. The van der Waals surface area contributed by atoms with E-state index in [1.807, 2.05) is 20.8 Å². The van der Waals surface area contributed by atoms with Crippen molar-refractivity contribution in [3.05, 3.63) is 0 Å². The van der Waals surface area contributed by atoms with Crippen molar-refractivity contribution in [2.24, 2.45) is 5.41 Å².